The van der Waals surface area contributed by atoms with Gasteiger partial charge in [-0.3, -0.25) is 4.79 Å². The second-order valence-corrected chi connectivity index (χ2v) is 6.34. The molecule has 1 heterocycles. The fraction of sp³-hybridized carbons (Fsp3) is 0.500. The molecule has 0 aliphatic carbocycles. The number of carbonyl (C=O) groups is 2. The molecular formula is C16H23N5O3. The number of aromatic nitrogens is 3. The summed E-state index contributed by atoms with van der Waals surface area (Å²) in [6.45, 7) is 8.55. The van der Waals surface area contributed by atoms with E-state index in [2.05, 4.69) is 20.7 Å². The molecule has 0 aliphatic heterocycles. The molecule has 0 radical (unpaired) electrons. The summed E-state index contributed by atoms with van der Waals surface area (Å²) in [6, 6.07) is 5.08. The van der Waals surface area contributed by atoms with E-state index in [0.29, 0.717) is 36.2 Å². The van der Waals surface area contributed by atoms with Crippen molar-refractivity contribution >= 4 is 23.0 Å². The Bertz CT molecular complexity index is 720. The van der Waals surface area contributed by atoms with Crippen LogP contribution in [0.3, 0.4) is 0 Å². The second kappa shape index (κ2) is 7.29. The molecule has 130 valence electrons. The normalized spacial score (nSPS) is 11.3. The number of nitrogens with zero attached hydrogens (tertiary/aromatic N) is 3. The standard InChI is InChI=1S/C16H23N5O3/c1-5-21(15(23)24-16(2,3)4)9-8-17-14(22)11-6-7-12-13(10-11)19-20-18-12/h6-7,10H,5,8-9H2,1-4H3,(H,17,22)(H,18,19,20). The Labute approximate surface area is 140 Å². The summed E-state index contributed by atoms with van der Waals surface area (Å²) in [4.78, 5) is 25.7. The second-order valence-electron chi connectivity index (χ2n) is 6.34. The predicted molar refractivity (Wildman–Crippen MR) is 89.7 cm³/mol. The van der Waals surface area contributed by atoms with Gasteiger partial charge in [0.15, 0.2) is 0 Å². The van der Waals surface area contributed by atoms with E-state index >= 15 is 0 Å². The molecule has 8 heteroatoms. The number of nitrogens with one attached hydrogen (secondary N) is 2. The van der Waals surface area contributed by atoms with Crippen molar-refractivity contribution in [2.75, 3.05) is 19.6 Å². The van der Waals surface area contributed by atoms with Crippen molar-refractivity contribution in [2.24, 2.45) is 0 Å². The van der Waals surface area contributed by atoms with Crippen LogP contribution in [0, 0.1) is 0 Å². The van der Waals surface area contributed by atoms with Crippen molar-refractivity contribution in [1.29, 1.82) is 0 Å². The molecule has 0 saturated heterocycles. The van der Waals surface area contributed by atoms with Crippen LogP contribution < -0.4 is 5.32 Å². The summed E-state index contributed by atoms with van der Waals surface area (Å²) < 4.78 is 5.33. The van der Waals surface area contributed by atoms with E-state index in [1.54, 1.807) is 23.1 Å². The molecule has 2 aromatic rings. The quantitative estimate of drug-likeness (QED) is 0.871. The molecule has 0 saturated carbocycles. The molecule has 0 unspecified atom stereocenters. The van der Waals surface area contributed by atoms with Gasteiger partial charge in [-0.05, 0) is 45.9 Å². The number of H-pyrrole nitrogens is 1. The molecule has 2 rings (SSSR count). The lowest BCUT2D eigenvalue weighted by atomic mass is 10.2. The van der Waals surface area contributed by atoms with Crippen LogP contribution in [-0.4, -0.2) is 57.5 Å². The van der Waals surface area contributed by atoms with Crippen LogP contribution in [0.5, 0.6) is 0 Å². The number of aromatic amines is 1. The molecule has 0 aliphatic rings. The van der Waals surface area contributed by atoms with Gasteiger partial charge in [-0.2, -0.15) is 15.4 Å². The number of likely N-dealkylation sites (N-methyl/N-ethyl adjacent to an activating group) is 1. The van der Waals surface area contributed by atoms with Crippen LogP contribution in [0.1, 0.15) is 38.1 Å². The largest absolute Gasteiger partial charge is 0.444 e. The third-order valence-corrected chi connectivity index (χ3v) is 3.28. The maximum Gasteiger partial charge on any atom is 0.410 e. The van der Waals surface area contributed by atoms with Gasteiger partial charge in [0.05, 0.1) is 0 Å². The Balaban J connectivity index is 1.87. The zero-order valence-electron chi connectivity index (χ0n) is 14.4. The molecule has 0 spiro atoms. The topological polar surface area (TPSA) is 100 Å². The third-order valence-electron chi connectivity index (χ3n) is 3.28. The molecule has 24 heavy (non-hydrogen) atoms. The first kappa shape index (κ1) is 17.7. The van der Waals surface area contributed by atoms with Crippen molar-refractivity contribution in [3.05, 3.63) is 23.8 Å². The van der Waals surface area contributed by atoms with Crippen molar-refractivity contribution < 1.29 is 14.3 Å². The zero-order chi connectivity index (χ0) is 17.7. The number of fused-ring (bicyclic) bond motifs is 1. The minimum absolute atomic E-state index is 0.222. The lowest BCUT2D eigenvalue weighted by Gasteiger charge is -2.26. The van der Waals surface area contributed by atoms with Crippen molar-refractivity contribution in [3.8, 4) is 0 Å². The fourth-order valence-electron chi connectivity index (χ4n) is 2.09. The van der Waals surface area contributed by atoms with E-state index < -0.39 is 5.60 Å². The number of rotatable bonds is 5. The minimum Gasteiger partial charge on any atom is -0.444 e. The Kier molecular flexibility index (Phi) is 5.38. The Morgan fingerprint density at radius 2 is 1.96 bits per heavy atom. The van der Waals surface area contributed by atoms with E-state index in [0.717, 1.165) is 0 Å². The first-order chi connectivity index (χ1) is 11.3. The molecule has 2 amide bonds. The molecule has 1 aromatic carbocycles. The lowest BCUT2D eigenvalue weighted by Crippen LogP contribution is -2.41. The number of ether oxygens (including phenoxy) is 1. The predicted octanol–water partition coefficient (Wildman–Crippen LogP) is 1.94. The van der Waals surface area contributed by atoms with Crippen LogP contribution in [0.2, 0.25) is 0 Å². The SMILES string of the molecule is CCN(CCNC(=O)c1ccc2n[nH]nc2c1)C(=O)OC(C)(C)C. The molecule has 0 fully saturated rings. The van der Waals surface area contributed by atoms with Gasteiger partial charge >= 0.3 is 6.09 Å². The van der Waals surface area contributed by atoms with Gasteiger partial charge in [0, 0.05) is 25.2 Å². The maximum absolute atomic E-state index is 12.2. The molecule has 8 nitrogen and oxygen atoms in total. The summed E-state index contributed by atoms with van der Waals surface area (Å²) in [5, 5.41) is 13.2. The van der Waals surface area contributed by atoms with E-state index in [4.69, 9.17) is 4.74 Å². The Morgan fingerprint density at radius 1 is 1.25 bits per heavy atom. The van der Waals surface area contributed by atoms with Gasteiger partial charge in [-0.15, -0.1) is 0 Å². The van der Waals surface area contributed by atoms with Crippen LogP contribution in [-0.2, 0) is 4.74 Å². The van der Waals surface area contributed by atoms with Gasteiger partial charge in [0.1, 0.15) is 16.6 Å². The van der Waals surface area contributed by atoms with Crippen molar-refractivity contribution in [1.82, 2.24) is 25.6 Å². The summed E-state index contributed by atoms with van der Waals surface area (Å²) >= 11 is 0. The minimum atomic E-state index is -0.541. The number of amides is 2. The Morgan fingerprint density at radius 3 is 2.62 bits per heavy atom. The zero-order valence-corrected chi connectivity index (χ0v) is 14.4. The molecule has 2 N–H and O–H groups in total. The van der Waals surface area contributed by atoms with E-state index in [9.17, 15) is 9.59 Å². The Hall–Kier alpha value is -2.64. The van der Waals surface area contributed by atoms with E-state index in [-0.39, 0.29) is 12.0 Å². The summed E-state index contributed by atoms with van der Waals surface area (Å²) in [5.74, 6) is -0.222. The van der Waals surface area contributed by atoms with E-state index in [1.165, 1.54) is 0 Å². The van der Waals surface area contributed by atoms with Crippen LogP contribution in [0.4, 0.5) is 4.79 Å². The van der Waals surface area contributed by atoms with Gasteiger partial charge in [0.25, 0.3) is 5.91 Å². The third kappa shape index (κ3) is 4.68. The highest BCUT2D eigenvalue weighted by molar-refractivity contribution is 5.97. The lowest BCUT2D eigenvalue weighted by molar-refractivity contribution is 0.0261. The molecule has 0 bridgehead atoms. The van der Waals surface area contributed by atoms with Crippen molar-refractivity contribution in [3.63, 3.8) is 0 Å². The summed E-state index contributed by atoms with van der Waals surface area (Å²) in [6.07, 6.45) is -0.386. The van der Waals surface area contributed by atoms with Crippen molar-refractivity contribution in [2.45, 2.75) is 33.3 Å². The smallest absolute Gasteiger partial charge is 0.410 e. The molecule has 1 aromatic heterocycles. The number of hydrogen-bond donors (Lipinski definition) is 2. The number of benzene rings is 1. The first-order valence-corrected chi connectivity index (χ1v) is 7.87. The summed E-state index contributed by atoms with van der Waals surface area (Å²) in [5.41, 5.74) is 1.29. The van der Waals surface area contributed by atoms with Crippen LogP contribution >= 0.6 is 0 Å². The summed E-state index contributed by atoms with van der Waals surface area (Å²) in [7, 11) is 0. The molecular weight excluding hydrogens is 310 g/mol. The van der Waals surface area contributed by atoms with Gasteiger partial charge < -0.3 is 15.0 Å². The highest BCUT2D eigenvalue weighted by atomic mass is 16.6. The highest BCUT2D eigenvalue weighted by Gasteiger charge is 2.21. The fourth-order valence-corrected chi connectivity index (χ4v) is 2.09. The number of hydrogen-bond acceptors (Lipinski definition) is 5. The van der Waals surface area contributed by atoms with Gasteiger partial charge in [-0.25, -0.2) is 4.79 Å². The highest BCUT2D eigenvalue weighted by Crippen LogP contribution is 2.11. The monoisotopic (exact) mass is 333 g/mol. The van der Waals surface area contributed by atoms with Crippen LogP contribution in [0.15, 0.2) is 18.2 Å². The molecule has 0 atom stereocenters. The van der Waals surface area contributed by atoms with Gasteiger partial charge in [-0.1, -0.05) is 0 Å². The average molecular weight is 333 g/mol. The van der Waals surface area contributed by atoms with E-state index in [1.807, 2.05) is 27.7 Å². The van der Waals surface area contributed by atoms with Gasteiger partial charge in [0.2, 0.25) is 0 Å². The first-order valence-electron chi connectivity index (χ1n) is 7.87. The van der Waals surface area contributed by atoms with Crippen LogP contribution in [0.25, 0.3) is 11.0 Å². The number of carbonyl (C=O) groups excluding carboxylic acids is 2. The average Bonchev–Trinajstić information content (AvgIpc) is 2.96. The maximum atomic E-state index is 12.2.